The predicted molar refractivity (Wildman–Crippen MR) is 201 cm³/mol. The summed E-state index contributed by atoms with van der Waals surface area (Å²) in [5, 5.41) is 156. The quantitative estimate of drug-likeness (QED) is 0.0683. The van der Waals surface area contributed by atoms with Crippen molar-refractivity contribution in [3.63, 3.8) is 0 Å². The maximum atomic E-state index is 12.6. The van der Waals surface area contributed by atoms with Gasteiger partial charge in [-0.25, -0.2) is 0 Å². The lowest BCUT2D eigenvalue weighted by molar-refractivity contribution is -0.378. The molecule has 0 aromatic carbocycles. The molecule has 376 valence electrons. The first-order chi connectivity index (χ1) is 30.7. The van der Waals surface area contributed by atoms with Gasteiger partial charge in [0, 0.05) is 20.8 Å². The van der Waals surface area contributed by atoms with E-state index in [4.69, 9.17) is 42.6 Å². The van der Waals surface area contributed by atoms with Crippen molar-refractivity contribution in [2.45, 2.75) is 174 Å². The molecule has 29 heteroatoms. The van der Waals surface area contributed by atoms with Gasteiger partial charge in [0.2, 0.25) is 17.7 Å². The van der Waals surface area contributed by atoms with Crippen LogP contribution < -0.4 is 16.0 Å². The molecule has 3 amide bonds. The van der Waals surface area contributed by atoms with Crippen LogP contribution in [-0.4, -0.2) is 276 Å². The normalized spacial score (nSPS) is 47.1. The highest BCUT2D eigenvalue weighted by Crippen LogP contribution is 2.35. The summed E-state index contributed by atoms with van der Waals surface area (Å²) in [6.45, 7) is -1.30. The number of nitrogens with one attached hydrogen (secondary N) is 3. The van der Waals surface area contributed by atoms with Crippen molar-refractivity contribution in [3.05, 3.63) is 0 Å². The lowest BCUT2D eigenvalue weighted by Gasteiger charge is -2.50. The fourth-order valence-corrected chi connectivity index (χ4v) is 8.13. The molecule has 5 rings (SSSR count). The fourth-order valence-electron chi connectivity index (χ4n) is 8.13. The fraction of sp³-hybridized carbons (Fsp3) is 0.917. The van der Waals surface area contributed by atoms with E-state index in [1.807, 2.05) is 0 Å². The third kappa shape index (κ3) is 12.0. The molecule has 0 saturated carbocycles. The molecule has 17 N–H and O–H groups in total. The summed E-state index contributed by atoms with van der Waals surface area (Å²) in [6, 6.07) is -4.86. The predicted octanol–water partition coefficient (Wildman–Crippen LogP) is -11.5. The van der Waals surface area contributed by atoms with E-state index < -0.39 is 204 Å². The molecule has 0 bridgehead atoms. The van der Waals surface area contributed by atoms with Crippen molar-refractivity contribution >= 4 is 17.7 Å². The van der Waals surface area contributed by atoms with Crippen LogP contribution in [-0.2, 0) is 57.0 Å². The number of carbonyl (C=O) groups is 3. The van der Waals surface area contributed by atoms with Gasteiger partial charge in [-0.3, -0.25) is 14.4 Å². The van der Waals surface area contributed by atoms with Crippen LogP contribution in [0.1, 0.15) is 20.8 Å². The molecule has 5 saturated heterocycles. The summed E-state index contributed by atoms with van der Waals surface area (Å²) < 4.78 is 51.7. The average molecular weight is 952 g/mol. The molecule has 0 aromatic heterocycles. The molecule has 0 unspecified atom stereocenters. The Balaban J connectivity index is 1.50. The summed E-state index contributed by atoms with van der Waals surface area (Å²) in [6.07, 6.45) is -40.7. The zero-order valence-electron chi connectivity index (χ0n) is 35.1. The van der Waals surface area contributed by atoms with Crippen LogP contribution in [0.25, 0.3) is 0 Å². The van der Waals surface area contributed by atoms with E-state index in [1.54, 1.807) is 0 Å². The van der Waals surface area contributed by atoms with Crippen molar-refractivity contribution in [1.82, 2.24) is 16.0 Å². The maximum absolute atomic E-state index is 12.6. The van der Waals surface area contributed by atoms with E-state index >= 15 is 0 Å². The molecule has 0 aromatic rings. The summed E-state index contributed by atoms with van der Waals surface area (Å²) in [5.41, 5.74) is 0. The van der Waals surface area contributed by atoms with E-state index in [0.717, 1.165) is 20.8 Å². The Labute approximate surface area is 369 Å². The molecule has 25 atom stereocenters. The lowest BCUT2D eigenvalue weighted by Crippen LogP contribution is -2.70. The Morgan fingerprint density at radius 1 is 0.400 bits per heavy atom. The van der Waals surface area contributed by atoms with Gasteiger partial charge in [-0.05, 0) is 0 Å². The monoisotopic (exact) mass is 951 g/mol. The van der Waals surface area contributed by atoms with Crippen LogP contribution in [0, 0.1) is 0 Å². The number of aliphatic hydroxyl groups is 14. The second-order valence-electron chi connectivity index (χ2n) is 16.2. The number of carbonyl (C=O) groups excluding carboxylic acids is 3. The number of ether oxygens (including phenoxy) is 9. The lowest BCUT2D eigenvalue weighted by atomic mass is 9.94. The topological polar surface area (TPSA) is 454 Å². The summed E-state index contributed by atoms with van der Waals surface area (Å²) in [4.78, 5) is 36.9. The smallest absolute Gasteiger partial charge is 0.217 e. The zero-order chi connectivity index (χ0) is 48.2. The molecular formula is C36H61N3O26. The third-order valence-electron chi connectivity index (χ3n) is 11.5. The molecule has 5 aliphatic heterocycles. The second kappa shape index (κ2) is 23.2. The van der Waals surface area contributed by atoms with Gasteiger partial charge in [0.25, 0.3) is 0 Å². The van der Waals surface area contributed by atoms with E-state index in [0.29, 0.717) is 0 Å². The van der Waals surface area contributed by atoms with Crippen LogP contribution in [0.5, 0.6) is 0 Å². The number of hydrogen-bond donors (Lipinski definition) is 17. The maximum Gasteiger partial charge on any atom is 0.217 e. The molecule has 0 spiro atoms. The number of hydrogen-bond acceptors (Lipinski definition) is 26. The van der Waals surface area contributed by atoms with Gasteiger partial charge in [0.1, 0.15) is 122 Å². The average Bonchev–Trinajstić information content (AvgIpc) is 3.25. The van der Waals surface area contributed by atoms with Gasteiger partial charge in [0.15, 0.2) is 31.5 Å². The molecule has 0 aliphatic carbocycles. The Morgan fingerprint density at radius 3 is 1.32 bits per heavy atom. The highest BCUT2D eigenvalue weighted by molar-refractivity contribution is 5.74. The number of aliphatic hydroxyl groups excluding tert-OH is 14. The first-order valence-corrected chi connectivity index (χ1v) is 20.6. The van der Waals surface area contributed by atoms with Crippen LogP contribution in [0.4, 0.5) is 0 Å². The minimum absolute atomic E-state index is 0.714. The number of rotatable bonds is 16. The van der Waals surface area contributed by atoms with Crippen LogP contribution in [0.3, 0.4) is 0 Å². The van der Waals surface area contributed by atoms with E-state index in [-0.39, 0.29) is 0 Å². The molecule has 5 heterocycles. The second-order valence-corrected chi connectivity index (χ2v) is 16.2. The molecule has 65 heavy (non-hydrogen) atoms. The summed E-state index contributed by atoms with van der Waals surface area (Å²) in [5.74, 6) is -2.31. The molecule has 29 nitrogen and oxygen atoms in total. The summed E-state index contributed by atoms with van der Waals surface area (Å²) in [7, 11) is 0. The Bertz CT molecular complexity index is 1560. The SMILES string of the molecule is CC(=O)N[C@@H]1[C@@H](O[C@@H]2O[C@H](CO[C@@H]3O[C@H](CO)[C@@H](O)[C@H](O)[C@H]3NC(C)=O)[C@H](O)[C@H](O[C@@H]3O[C@H](CO)[C@@H](O)[C@H](O[C@@H]4O[C@H](CO)[C@H](O)[C@H](O)[C@H]4O)[C@H]3NC(C)=O)[C@H]2O)[C@@H](O)[C@@H](CO)O[C@@H]1O. The highest BCUT2D eigenvalue weighted by atomic mass is 16.8. The van der Waals surface area contributed by atoms with Crippen molar-refractivity contribution in [2.24, 2.45) is 0 Å². The van der Waals surface area contributed by atoms with Gasteiger partial charge < -0.3 is 130 Å². The Kier molecular flexibility index (Phi) is 19.1. The summed E-state index contributed by atoms with van der Waals surface area (Å²) >= 11 is 0. The molecule has 5 fully saturated rings. The van der Waals surface area contributed by atoms with Gasteiger partial charge in [-0.1, -0.05) is 0 Å². The van der Waals surface area contributed by atoms with Crippen molar-refractivity contribution in [2.75, 3.05) is 33.0 Å². The minimum Gasteiger partial charge on any atom is -0.394 e. The highest BCUT2D eigenvalue weighted by Gasteiger charge is 2.57. The van der Waals surface area contributed by atoms with Gasteiger partial charge in [-0.2, -0.15) is 0 Å². The molecule has 5 aliphatic rings. The Morgan fingerprint density at radius 2 is 0.785 bits per heavy atom. The zero-order valence-corrected chi connectivity index (χ0v) is 35.1. The largest absolute Gasteiger partial charge is 0.394 e. The molecular weight excluding hydrogens is 890 g/mol. The first-order valence-electron chi connectivity index (χ1n) is 20.6. The van der Waals surface area contributed by atoms with Crippen LogP contribution in [0.2, 0.25) is 0 Å². The van der Waals surface area contributed by atoms with Gasteiger partial charge in [-0.15, -0.1) is 0 Å². The van der Waals surface area contributed by atoms with E-state index in [2.05, 4.69) is 16.0 Å². The van der Waals surface area contributed by atoms with Gasteiger partial charge in [0.05, 0.1) is 33.0 Å². The van der Waals surface area contributed by atoms with Crippen LogP contribution >= 0.6 is 0 Å². The Hall–Kier alpha value is -2.51. The van der Waals surface area contributed by atoms with E-state index in [1.165, 1.54) is 0 Å². The van der Waals surface area contributed by atoms with Crippen LogP contribution in [0.15, 0.2) is 0 Å². The molecule has 0 radical (unpaired) electrons. The number of amides is 3. The van der Waals surface area contributed by atoms with Crippen molar-refractivity contribution in [3.8, 4) is 0 Å². The van der Waals surface area contributed by atoms with Crippen molar-refractivity contribution < 1.29 is 129 Å². The standard InChI is InChI=1S/C36H61N3O26/c1-9(44)37-17-25(52)20(47)12(4-40)59-33(17)57-8-16-24(51)31(28(55)36(62-16)63-29-18(38-10(2)45)32(56)58-14(6-42)22(29)49)65-34-19(39-11(3)46)30(23(50)15(7-43)60-34)64-35-27(54)26(53)21(48)13(5-41)61-35/h12-36,40-43,47-56H,4-8H2,1-3H3,(H,37,44)(H,38,45)(H,39,46)/t12-,13-,14-,15-,16-,17-,18-,19-,20-,21+,22+,23-,24+,25-,26+,27-,28-,29-,30-,31+,32+,33-,34+,35+,36+/m1/s1. The third-order valence-corrected chi connectivity index (χ3v) is 11.5. The van der Waals surface area contributed by atoms with Gasteiger partial charge >= 0.3 is 0 Å². The van der Waals surface area contributed by atoms with E-state index in [9.17, 15) is 85.9 Å². The minimum atomic E-state index is -2.22. The van der Waals surface area contributed by atoms with Crippen molar-refractivity contribution in [1.29, 1.82) is 0 Å². The first kappa shape index (κ1) is 53.4.